The Hall–Kier alpha value is -1.47. The van der Waals surface area contributed by atoms with Crippen molar-refractivity contribution in [3.63, 3.8) is 0 Å². The van der Waals surface area contributed by atoms with E-state index in [1.165, 1.54) is 0 Å². The second-order valence-electron chi connectivity index (χ2n) is 5.23. The Bertz CT molecular complexity index is 738. The molecule has 0 amide bonds. The van der Waals surface area contributed by atoms with Gasteiger partial charge in [0, 0.05) is 17.6 Å². The van der Waals surface area contributed by atoms with E-state index in [1.807, 2.05) is 24.4 Å². The number of para-hydroxylation sites is 1. The van der Waals surface area contributed by atoms with Crippen molar-refractivity contribution < 1.29 is 0 Å². The van der Waals surface area contributed by atoms with Gasteiger partial charge in [0.15, 0.2) is 0 Å². The van der Waals surface area contributed by atoms with Gasteiger partial charge >= 0.3 is 0 Å². The van der Waals surface area contributed by atoms with E-state index in [9.17, 15) is 0 Å². The number of nitrogens with zero attached hydrogens (tertiary/aromatic N) is 3. The van der Waals surface area contributed by atoms with Crippen LogP contribution in [-0.4, -0.2) is 14.5 Å². The molecule has 1 atom stereocenters. The monoisotopic (exact) mass is 257 g/mol. The van der Waals surface area contributed by atoms with E-state index in [4.69, 9.17) is 4.98 Å². The van der Waals surface area contributed by atoms with Crippen molar-refractivity contribution >= 4 is 31.2 Å². The standard InChI is InChI=1S/C14H16N3P/c1-14(2,18)13-16-11-8-15-10-7-5-4-6-9(10)12(11)17(13)3/h4-8H,18H2,1-3H3. The number of benzene rings is 1. The maximum absolute atomic E-state index is 4.71. The smallest absolute Gasteiger partial charge is 0.119 e. The molecular weight excluding hydrogens is 241 g/mol. The fourth-order valence-electron chi connectivity index (χ4n) is 2.42. The van der Waals surface area contributed by atoms with Gasteiger partial charge < -0.3 is 4.57 Å². The fraction of sp³-hybridized carbons (Fsp3) is 0.286. The Kier molecular flexibility index (Phi) is 2.43. The topological polar surface area (TPSA) is 30.7 Å². The number of fused-ring (bicyclic) bond motifs is 3. The molecule has 0 N–H and O–H groups in total. The minimum absolute atomic E-state index is 0.0468. The van der Waals surface area contributed by atoms with Crippen LogP contribution in [0.3, 0.4) is 0 Å². The zero-order chi connectivity index (χ0) is 12.9. The molecule has 0 spiro atoms. The summed E-state index contributed by atoms with van der Waals surface area (Å²) in [5.74, 6) is 1.06. The normalized spacial score (nSPS) is 12.4. The number of imidazole rings is 1. The zero-order valence-corrected chi connectivity index (χ0v) is 12.0. The van der Waals surface area contributed by atoms with Crippen LogP contribution < -0.4 is 0 Å². The Morgan fingerprint density at radius 2 is 1.89 bits per heavy atom. The lowest BCUT2D eigenvalue weighted by molar-refractivity contribution is 0.669. The Morgan fingerprint density at radius 3 is 2.61 bits per heavy atom. The third-order valence-corrected chi connectivity index (χ3v) is 3.44. The van der Waals surface area contributed by atoms with Gasteiger partial charge in [0.25, 0.3) is 0 Å². The van der Waals surface area contributed by atoms with E-state index in [0.717, 1.165) is 27.8 Å². The average molecular weight is 257 g/mol. The molecule has 0 aliphatic rings. The first-order valence-corrected chi connectivity index (χ1v) is 6.56. The van der Waals surface area contributed by atoms with Crippen molar-refractivity contribution in [2.24, 2.45) is 7.05 Å². The van der Waals surface area contributed by atoms with Crippen molar-refractivity contribution in [3.05, 3.63) is 36.3 Å². The van der Waals surface area contributed by atoms with E-state index in [0.29, 0.717) is 0 Å². The van der Waals surface area contributed by atoms with Crippen molar-refractivity contribution in [2.45, 2.75) is 19.0 Å². The first-order chi connectivity index (χ1) is 8.48. The summed E-state index contributed by atoms with van der Waals surface area (Å²) >= 11 is 0. The minimum Gasteiger partial charge on any atom is -0.330 e. The Labute approximate surface area is 108 Å². The summed E-state index contributed by atoms with van der Waals surface area (Å²) in [7, 11) is 4.92. The van der Waals surface area contributed by atoms with Gasteiger partial charge in [0.05, 0.1) is 17.2 Å². The molecule has 3 nitrogen and oxygen atoms in total. The van der Waals surface area contributed by atoms with Crippen LogP contribution in [0, 0.1) is 0 Å². The molecule has 0 bridgehead atoms. The summed E-state index contributed by atoms with van der Waals surface area (Å²) < 4.78 is 2.17. The SMILES string of the molecule is Cn1c(C(C)(C)P)nc2cnc3ccccc3c21. The predicted octanol–water partition coefficient (Wildman–Crippen LogP) is 3.23. The van der Waals surface area contributed by atoms with Gasteiger partial charge in [-0.05, 0) is 19.9 Å². The number of hydrogen-bond acceptors (Lipinski definition) is 2. The second-order valence-corrected chi connectivity index (χ2v) is 6.67. The van der Waals surface area contributed by atoms with E-state index >= 15 is 0 Å². The van der Waals surface area contributed by atoms with Gasteiger partial charge in [-0.3, -0.25) is 4.98 Å². The Balaban J connectivity index is 2.48. The molecule has 0 saturated heterocycles. The molecule has 18 heavy (non-hydrogen) atoms. The van der Waals surface area contributed by atoms with Gasteiger partial charge in [-0.2, -0.15) is 0 Å². The summed E-state index contributed by atoms with van der Waals surface area (Å²) in [5.41, 5.74) is 3.13. The summed E-state index contributed by atoms with van der Waals surface area (Å²) in [6.07, 6.45) is 1.86. The lowest BCUT2D eigenvalue weighted by Gasteiger charge is -2.17. The second kappa shape index (κ2) is 3.76. The molecule has 0 aliphatic heterocycles. The lowest BCUT2D eigenvalue weighted by atomic mass is 10.2. The van der Waals surface area contributed by atoms with Crippen LogP contribution in [0.2, 0.25) is 0 Å². The molecule has 0 fully saturated rings. The van der Waals surface area contributed by atoms with Crippen LogP contribution in [0.25, 0.3) is 21.9 Å². The van der Waals surface area contributed by atoms with Crippen molar-refractivity contribution in [3.8, 4) is 0 Å². The highest BCUT2D eigenvalue weighted by atomic mass is 31.0. The predicted molar refractivity (Wildman–Crippen MR) is 78.8 cm³/mol. The van der Waals surface area contributed by atoms with Gasteiger partial charge in [-0.25, -0.2) is 4.98 Å². The van der Waals surface area contributed by atoms with Crippen LogP contribution in [0.15, 0.2) is 30.5 Å². The van der Waals surface area contributed by atoms with Crippen molar-refractivity contribution in [2.75, 3.05) is 0 Å². The van der Waals surface area contributed by atoms with Gasteiger partial charge in [0.1, 0.15) is 11.3 Å². The molecule has 2 heterocycles. The molecule has 4 heteroatoms. The zero-order valence-electron chi connectivity index (χ0n) is 10.8. The molecule has 92 valence electrons. The summed E-state index contributed by atoms with van der Waals surface area (Å²) in [6, 6.07) is 8.19. The first-order valence-electron chi connectivity index (χ1n) is 5.98. The summed E-state index contributed by atoms with van der Waals surface area (Å²) in [4.78, 5) is 9.18. The van der Waals surface area contributed by atoms with Crippen molar-refractivity contribution in [1.29, 1.82) is 0 Å². The molecule has 0 radical (unpaired) electrons. The third kappa shape index (κ3) is 1.62. The molecule has 0 aliphatic carbocycles. The summed E-state index contributed by atoms with van der Waals surface area (Å²) in [6.45, 7) is 4.29. The molecule has 3 aromatic rings. The van der Waals surface area contributed by atoms with Crippen LogP contribution >= 0.6 is 9.24 Å². The largest absolute Gasteiger partial charge is 0.330 e. The van der Waals surface area contributed by atoms with Gasteiger partial charge in [-0.15, -0.1) is 9.24 Å². The Morgan fingerprint density at radius 1 is 1.17 bits per heavy atom. The fourth-order valence-corrected chi connectivity index (χ4v) is 2.68. The highest BCUT2D eigenvalue weighted by Crippen LogP contribution is 2.33. The number of pyridine rings is 1. The molecular formula is C14H16N3P. The molecule has 1 unspecified atom stereocenters. The minimum atomic E-state index is -0.0468. The first kappa shape index (κ1) is 11.6. The van der Waals surface area contributed by atoms with Gasteiger partial charge in [-0.1, -0.05) is 18.2 Å². The number of hydrogen-bond donors (Lipinski definition) is 0. The molecule has 3 rings (SSSR count). The molecule has 0 saturated carbocycles. The van der Waals surface area contributed by atoms with E-state index in [1.54, 1.807) is 0 Å². The van der Waals surface area contributed by atoms with Crippen LogP contribution in [0.1, 0.15) is 19.7 Å². The maximum atomic E-state index is 4.71. The third-order valence-electron chi connectivity index (χ3n) is 3.18. The van der Waals surface area contributed by atoms with E-state index < -0.39 is 0 Å². The summed E-state index contributed by atoms with van der Waals surface area (Å²) in [5, 5.41) is 1.11. The van der Waals surface area contributed by atoms with Crippen LogP contribution in [0.4, 0.5) is 0 Å². The number of rotatable bonds is 1. The van der Waals surface area contributed by atoms with E-state index in [2.05, 4.69) is 45.8 Å². The molecule has 1 aromatic carbocycles. The number of aromatic nitrogens is 3. The molecule has 2 aromatic heterocycles. The van der Waals surface area contributed by atoms with Crippen LogP contribution in [-0.2, 0) is 12.2 Å². The van der Waals surface area contributed by atoms with E-state index in [-0.39, 0.29) is 5.16 Å². The highest BCUT2D eigenvalue weighted by Gasteiger charge is 2.22. The van der Waals surface area contributed by atoms with Gasteiger partial charge in [0.2, 0.25) is 0 Å². The lowest BCUT2D eigenvalue weighted by Crippen LogP contribution is -2.13. The van der Waals surface area contributed by atoms with Crippen molar-refractivity contribution in [1.82, 2.24) is 14.5 Å². The quantitative estimate of drug-likeness (QED) is 0.627. The number of aryl methyl sites for hydroxylation is 1. The highest BCUT2D eigenvalue weighted by molar-refractivity contribution is 7.18. The maximum Gasteiger partial charge on any atom is 0.119 e. The average Bonchev–Trinajstić information content (AvgIpc) is 2.67. The van der Waals surface area contributed by atoms with Crippen LogP contribution in [0.5, 0.6) is 0 Å².